The third-order valence-electron chi connectivity index (χ3n) is 4.88. The molecule has 3 aliphatic rings. The van der Waals surface area contributed by atoms with E-state index in [2.05, 4.69) is 17.1 Å². The first kappa shape index (κ1) is 13.8. The number of morpholine rings is 1. The van der Waals surface area contributed by atoms with Gasteiger partial charge in [0.15, 0.2) is 0 Å². The molecule has 110 valence electrons. The first-order chi connectivity index (χ1) is 9.20. The predicted octanol–water partition coefficient (Wildman–Crippen LogP) is 1.13. The Morgan fingerprint density at radius 3 is 2.79 bits per heavy atom. The lowest BCUT2D eigenvalue weighted by Crippen LogP contribution is -2.61. The summed E-state index contributed by atoms with van der Waals surface area (Å²) in [5.74, 6) is 0. The molecule has 0 bridgehead atoms. The van der Waals surface area contributed by atoms with Crippen molar-refractivity contribution in [1.29, 1.82) is 0 Å². The molecule has 3 rings (SSSR count). The standard InChI is InChI=1S/C15H28N2O2/c1-15(11-18,16-12-6-7-12)10-17-8-9-19-14-5-3-2-4-13(14)17/h12-14,16,18H,2-11H2,1H3. The molecule has 3 fully saturated rings. The monoisotopic (exact) mass is 268 g/mol. The van der Waals surface area contributed by atoms with Crippen LogP contribution in [0.1, 0.15) is 45.4 Å². The maximum Gasteiger partial charge on any atom is 0.0730 e. The molecular formula is C15H28N2O2. The highest BCUT2D eigenvalue weighted by Crippen LogP contribution is 2.30. The van der Waals surface area contributed by atoms with Crippen LogP contribution in [0, 0.1) is 0 Å². The lowest BCUT2D eigenvalue weighted by molar-refractivity contribution is -0.0965. The fourth-order valence-corrected chi connectivity index (χ4v) is 3.68. The Labute approximate surface area is 116 Å². The molecule has 19 heavy (non-hydrogen) atoms. The van der Waals surface area contributed by atoms with Gasteiger partial charge in [0.25, 0.3) is 0 Å². The smallest absolute Gasteiger partial charge is 0.0730 e. The van der Waals surface area contributed by atoms with E-state index in [0.717, 1.165) is 19.7 Å². The predicted molar refractivity (Wildman–Crippen MR) is 75.2 cm³/mol. The Morgan fingerprint density at radius 2 is 2.05 bits per heavy atom. The zero-order chi connectivity index (χ0) is 13.3. The van der Waals surface area contributed by atoms with Gasteiger partial charge in [-0.05, 0) is 32.6 Å². The molecule has 0 aromatic carbocycles. The number of fused-ring (bicyclic) bond motifs is 1. The van der Waals surface area contributed by atoms with E-state index in [4.69, 9.17) is 4.74 Å². The minimum absolute atomic E-state index is 0.152. The molecule has 2 N–H and O–H groups in total. The summed E-state index contributed by atoms with van der Waals surface area (Å²) in [6, 6.07) is 1.22. The number of ether oxygens (including phenoxy) is 1. The van der Waals surface area contributed by atoms with E-state index in [9.17, 15) is 5.11 Å². The van der Waals surface area contributed by atoms with Crippen molar-refractivity contribution in [2.45, 2.75) is 69.2 Å². The zero-order valence-electron chi connectivity index (χ0n) is 12.1. The molecule has 0 radical (unpaired) electrons. The second-order valence-electron chi connectivity index (χ2n) is 6.87. The van der Waals surface area contributed by atoms with Gasteiger partial charge in [0.1, 0.15) is 0 Å². The summed E-state index contributed by atoms with van der Waals surface area (Å²) in [5.41, 5.74) is -0.152. The van der Waals surface area contributed by atoms with E-state index in [1.165, 1.54) is 38.5 Å². The quantitative estimate of drug-likeness (QED) is 0.785. The Hall–Kier alpha value is -0.160. The maximum atomic E-state index is 9.77. The van der Waals surface area contributed by atoms with Gasteiger partial charge in [-0.2, -0.15) is 0 Å². The number of aliphatic hydroxyl groups is 1. The number of hydrogen-bond donors (Lipinski definition) is 2. The van der Waals surface area contributed by atoms with E-state index < -0.39 is 0 Å². The van der Waals surface area contributed by atoms with Crippen molar-refractivity contribution in [2.75, 3.05) is 26.3 Å². The normalized spacial score (nSPS) is 35.7. The minimum atomic E-state index is -0.152. The van der Waals surface area contributed by atoms with Crippen LogP contribution in [0.15, 0.2) is 0 Å². The van der Waals surface area contributed by atoms with E-state index in [1.807, 2.05) is 0 Å². The first-order valence-electron chi connectivity index (χ1n) is 7.94. The van der Waals surface area contributed by atoms with Crippen molar-refractivity contribution in [3.63, 3.8) is 0 Å². The molecule has 1 heterocycles. The number of hydrogen-bond acceptors (Lipinski definition) is 4. The highest BCUT2D eigenvalue weighted by atomic mass is 16.5. The molecule has 0 aromatic rings. The van der Waals surface area contributed by atoms with E-state index >= 15 is 0 Å². The Morgan fingerprint density at radius 1 is 1.26 bits per heavy atom. The van der Waals surface area contributed by atoms with Gasteiger partial charge < -0.3 is 15.2 Å². The van der Waals surface area contributed by atoms with E-state index in [1.54, 1.807) is 0 Å². The van der Waals surface area contributed by atoms with Crippen molar-refractivity contribution in [3.05, 3.63) is 0 Å². The third kappa shape index (κ3) is 3.30. The number of nitrogens with one attached hydrogen (secondary N) is 1. The van der Waals surface area contributed by atoms with E-state index in [0.29, 0.717) is 18.2 Å². The van der Waals surface area contributed by atoms with Crippen LogP contribution in [0.5, 0.6) is 0 Å². The summed E-state index contributed by atoms with van der Waals surface area (Å²) in [4.78, 5) is 2.57. The average Bonchev–Trinajstić information content (AvgIpc) is 3.23. The summed E-state index contributed by atoms with van der Waals surface area (Å²) in [7, 11) is 0. The van der Waals surface area contributed by atoms with Crippen molar-refractivity contribution >= 4 is 0 Å². The second-order valence-corrected chi connectivity index (χ2v) is 6.87. The number of rotatable bonds is 5. The lowest BCUT2D eigenvalue weighted by atomic mass is 9.89. The average molecular weight is 268 g/mol. The third-order valence-corrected chi connectivity index (χ3v) is 4.88. The molecule has 0 amide bonds. The summed E-state index contributed by atoms with van der Waals surface area (Å²) in [6.07, 6.45) is 8.09. The molecular weight excluding hydrogens is 240 g/mol. The van der Waals surface area contributed by atoms with Crippen LogP contribution in [0.4, 0.5) is 0 Å². The Bertz CT molecular complexity index is 307. The van der Waals surface area contributed by atoms with Crippen LogP contribution in [-0.2, 0) is 4.74 Å². The Balaban J connectivity index is 1.62. The number of nitrogens with zero attached hydrogens (tertiary/aromatic N) is 1. The fourth-order valence-electron chi connectivity index (χ4n) is 3.68. The van der Waals surface area contributed by atoms with Crippen LogP contribution >= 0.6 is 0 Å². The van der Waals surface area contributed by atoms with Gasteiger partial charge >= 0.3 is 0 Å². The van der Waals surface area contributed by atoms with Crippen molar-refractivity contribution in [1.82, 2.24) is 10.2 Å². The van der Waals surface area contributed by atoms with Crippen LogP contribution in [-0.4, -0.2) is 60.0 Å². The van der Waals surface area contributed by atoms with Crippen LogP contribution in [0.3, 0.4) is 0 Å². The van der Waals surface area contributed by atoms with Gasteiger partial charge in [0.2, 0.25) is 0 Å². The summed E-state index contributed by atoms with van der Waals surface area (Å²) in [6.45, 7) is 5.20. The van der Waals surface area contributed by atoms with Gasteiger partial charge in [-0.3, -0.25) is 4.90 Å². The largest absolute Gasteiger partial charge is 0.394 e. The molecule has 4 heteroatoms. The van der Waals surface area contributed by atoms with Crippen LogP contribution in [0.2, 0.25) is 0 Å². The van der Waals surface area contributed by atoms with Gasteiger partial charge in [0.05, 0.1) is 24.9 Å². The second kappa shape index (κ2) is 5.68. The summed E-state index contributed by atoms with van der Waals surface area (Å²) < 4.78 is 5.93. The molecule has 2 saturated carbocycles. The molecule has 0 aromatic heterocycles. The molecule has 3 unspecified atom stereocenters. The molecule has 3 atom stereocenters. The summed E-state index contributed by atoms with van der Waals surface area (Å²) in [5, 5.41) is 13.4. The molecule has 0 spiro atoms. The highest BCUT2D eigenvalue weighted by molar-refractivity contribution is 4.97. The minimum Gasteiger partial charge on any atom is -0.394 e. The molecule has 1 saturated heterocycles. The van der Waals surface area contributed by atoms with Crippen molar-refractivity contribution < 1.29 is 9.84 Å². The van der Waals surface area contributed by atoms with Crippen LogP contribution in [0.25, 0.3) is 0 Å². The first-order valence-corrected chi connectivity index (χ1v) is 7.94. The Kier molecular flexibility index (Phi) is 4.13. The van der Waals surface area contributed by atoms with Crippen LogP contribution < -0.4 is 5.32 Å². The van der Waals surface area contributed by atoms with Gasteiger partial charge in [-0.15, -0.1) is 0 Å². The molecule has 4 nitrogen and oxygen atoms in total. The molecule has 2 aliphatic carbocycles. The van der Waals surface area contributed by atoms with Gasteiger partial charge in [-0.25, -0.2) is 0 Å². The van der Waals surface area contributed by atoms with E-state index in [-0.39, 0.29) is 12.1 Å². The molecule has 1 aliphatic heterocycles. The highest BCUT2D eigenvalue weighted by Gasteiger charge is 2.39. The number of aliphatic hydroxyl groups excluding tert-OH is 1. The summed E-state index contributed by atoms with van der Waals surface area (Å²) >= 11 is 0. The van der Waals surface area contributed by atoms with Gasteiger partial charge in [0, 0.05) is 25.2 Å². The van der Waals surface area contributed by atoms with Gasteiger partial charge in [-0.1, -0.05) is 12.8 Å². The maximum absolute atomic E-state index is 9.77. The fraction of sp³-hybridized carbons (Fsp3) is 1.00. The van der Waals surface area contributed by atoms with Crippen molar-refractivity contribution in [3.8, 4) is 0 Å². The topological polar surface area (TPSA) is 44.7 Å². The lowest BCUT2D eigenvalue weighted by Gasteiger charge is -2.47. The van der Waals surface area contributed by atoms with Crippen molar-refractivity contribution in [2.24, 2.45) is 0 Å². The zero-order valence-corrected chi connectivity index (χ0v) is 12.1. The SMILES string of the molecule is CC(CO)(CN1CCOC2CCCCC21)NC1CC1.